The molecule has 0 aromatic carbocycles. The van der Waals surface area contributed by atoms with Gasteiger partial charge in [0.15, 0.2) is 0 Å². The van der Waals surface area contributed by atoms with Gasteiger partial charge in [0.05, 0.1) is 7.11 Å². The van der Waals surface area contributed by atoms with Crippen molar-refractivity contribution in [3.05, 3.63) is 82.4 Å². The maximum Gasteiger partial charge on any atom is 0.388 e. The first-order valence-corrected chi connectivity index (χ1v) is 29.2. The Bertz CT molecular complexity index is 2910. The van der Waals surface area contributed by atoms with E-state index in [1.807, 2.05) is 13.8 Å². The van der Waals surface area contributed by atoms with E-state index in [2.05, 4.69) is 81.8 Å². The Morgan fingerprint density at radius 3 is 1.28 bits per heavy atom. The van der Waals surface area contributed by atoms with E-state index in [-0.39, 0.29) is 74.0 Å². The van der Waals surface area contributed by atoms with Gasteiger partial charge in [0.25, 0.3) is 27.9 Å². The highest BCUT2D eigenvalue weighted by Gasteiger charge is 2.42. The Morgan fingerprint density at radius 2 is 0.962 bits per heavy atom. The predicted molar refractivity (Wildman–Crippen MR) is 277 cm³/mol. The minimum Gasteiger partial charge on any atom is -0.480 e. The molecule has 3 fully saturated rings. The predicted octanol–water partition coefficient (Wildman–Crippen LogP) is 11.6. The molecule has 0 radical (unpaired) electrons. The highest BCUT2D eigenvalue weighted by atomic mass is 79.9. The van der Waals surface area contributed by atoms with E-state index < -0.39 is 36.9 Å². The zero-order valence-electron chi connectivity index (χ0n) is 43.8. The molecule has 0 unspecified atom stereocenters. The van der Waals surface area contributed by atoms with Gasteiger partial charge in [-0.1, -0.05) is 19.6 Å². The molecule has 4 N–H and O–H groups in total. The quantitative estimate of drug-likeness (QED) is 0.0483. The van der Waals surface area contributed by atoms with Crippen LogP contribution in [0.25, 0.3) is 17.8 Å². The minimum atomic E-state index is -2.97. The summed E-state index contributed by atoms with van der Waals surface area (Å²) in [7, 11) is -0.738. The van der Waals surface area contributed by atoms with Gasteiger partial charge in [-0.15, -0.1) is 10.2 Å². The molecular weight excluding hydrogens is 1130 g/mol. The average molecular weight is 1200 g/mol. The van der Waals surface area contributed by atoms with Crippen LogP contribution in [0.5, 0.6) is 11.8 Å². The molecule has 18 nitrogen and oxygen atoms in total. The van der Waals surface area contributed by atoms with Crippen molar-refractivity contribution in [2.24, 2.45) is 0 Å². The number of methoxy groups -OCH3 is 1. The average Bonchev–Trinajstić information content (AvgIpc) is 4.13. The summed E-state index contributed by atoms with van der Waals surface area (Å²) in [6.07, 6.45) is 6.33. The molecule has 0 spiro atoms. The summed E-state index contributed by atoms with van der Waals surface area (Å²) >= 11 is 2.33. The molecule has 3 saturated carbocycles. The fourth-order valence-corrected chi connectivity index (χ4v) is 7.93. The summed E-state index contributed by atoms with van der Waals surface area (Å²) in [6.45, 7) is 7.28. The van der Waals surface area contributed by atoms with Crippen molar-refractivity contribution >= 4 is 41.5 Å². The Balaban J connectivity index is 0.000000177. The van der Waals surface area contributed by atoms with Gasteiger partial charge >= 0.3 is 6.61 Å². The number of hydrogen-bond donors (Lipinski definition) is 4. The molecule has 428 valence electrons. The Kier molecular flexibility index (Phi) is 20.0. The number of halogens is 11. The monoisotopic (exact) mass is 1190 g/mol. The van der Waals surface area contributed by atoms with Crippen molar-refractivity contribution in [3.63, 3.8) is 0 Å². The molecule has 30 heteroatoms. The molecule has 0 atom stereocenters. The molecule has 6 aromatic rings. The maximum atomic E-state index is 13.2. The van der Waals surface area contributed by atoms with Gasteiger partial charge in [-0.2, -0.15) is 32.5 Å². The van der Waals surface area contributed by atoms with Crippen molar-refractivity contribution in [2.45, 2.75) is 164 Å². The zero-order valence-corrected chi connectivity index (χ0v) is 46.4. The minimum absolute atomic E-state index is 0.00364. The number of nitrogens with zero attached hydrogens (tertiary/aromatic N) is 11. The number of hydrogen-bond acceptors (Lipinski definition) is 14. The van der Waals surface area contributed by atoms with Gasteiger partial charge < -0.3 is 25.4 Å². The largest absolute Gasteiger partial charge is 0.480 e. The standard InChI is InChI=1S/C15H17F4N5O.C15H19F2N5O.C14H17F2N5O.C4H9BrF2Si/c1-9-8-11(21-10-2-5-15(18,19)6-3-10)22-14(20-9)24-7-4-12(23-24)25-13(16)17;1-10-9-12(19-11-3-6-15(16,17)7-4-11)20-14(18-10)22-8-5-13(21-22)23-2;1-9-8-11(18-10-2-5-14(15,16)6-3-10)19-13(17-9)21-7-4-12(22)20-21;1-8(2,3)4(5,6)7/h4,7-8,10,13H,2-3,5-6H2,1H3,(H,20,21,22);5,8-9,11H,3-4,6-7H2,1-2H3,(H,18,19,20);4,7-8,10H,2-3,5-6H2,1H3,(H,20,22)(H,17,18,19);1-3H3. The number of aromatic amines is 1. The summed E-state index contributed by atoms with van der Waals surface area (Å²) in [5.41, 5.74) is 1.88. The molecule has 0 bridgehead atoms. The summed E-state index contributed by atoms with van der Waals surface area (Å²) < 4.78 is 139. The Hall–Kier alpha value is -6.33. The number of nitrogens with one attached hydrogen (secondary N) is 4. The summed E-state index contributed by atoms with van der Waals surface area (Å²) in [5, 5.41) is 20.1. The second kappa shape index (κ2) is 25.6. The van der Waals surface area contributed by atoms with Crippen LogP contribution in [0.2, 0.25) is 19.6 Å². The van der Waals surface area contributed by atoms with Crippen molar-refractivity contribution in [1.29, 1.82) is 0 Å². The van der Waals surface area contributed by atoms with Gasteiger partial charge in [0, 0.05) is 129 Å². The van der Waals surface area contributed by atoms with Crippen LogP contribution in [0.4, 0.5) is 61.4 Å². The number of rotatable bonds is 13. The molecular formula is C48H62BrF10N15O3Si. The number of ether oxygens (including phenoxy) is 2. The smallest absolute Gasteiger partial charge is 0.388 e. The summed E-state index contributed by atoms with van der Waals surface area (Å²) in [6, 6.07) is 9.50. The molecule has 78 heavy (non-hydrogen) atoms. The molecule has 3 aliphatic carbocycles. The van der Waals surface area contributed by atoms with Crippen LogP contribution in [0.3, 0.4) is 0 Å². The van der Waals surface area contributed by atoms with Gasteiger partial charge in [-0.25, -0.2) is 55.3 Å². The lowest BCUT2D eigenvalue weighted by Crippen LogP contribution is -2.39. The third-order valence-electron chi connectivity index (χ3n) is 12.4. The van der Waals surface area contributed by atoms with Crippen molar-refractivity contribution in [3.8, 4) is 29.6 Å². The van der Waals surface area contributed by atoms with E-state index >= 15 is 0 Å². The van der Waals surface area contributed by atoms with Crippen LogP contribution in [0.1, 0.15) is 94.1 Å². The fraction of sp³-hybridized carbons (Fsp3) is 0.562. The normalized spacial score (nSPS) is 17.6. The third-order valence-corrected chi connectivity index (χ3v) is 17.6. The molecule has 3 aliphatic rings. The molecule has 6 aromatic heterocycles. The van der Waals surface area contributed by atoms with Crippen LogP contribution in [-0.2, 0) is 0 Å². The first-order chi connectivity index (χ1) is 36.4. The summed E-state index contributed by atoms with van der Waals surface area (Å²) in [5.74, 6) is -4.85. The van der Waals surface area contributed by atoms with Crippen LogP contribution < -0.4 is 31.0 Å². The third kappa shape index (κ3) is 18.9. The molecule has 9 rings (SSSR count). The van der Waals surface area contributed by atoms with Gasteiger partial charge in [-0.3, -0.25) is 9.89 Å². The second-order valence-corrected chi connectivity index (χ2v) is 27.0. The van der Waals surface area contributed by atoms with Crippen molar-refractivity contribution in [2.75, 3.05) is 23.1 Å². The van der Waals surface area contributed by atoms with Gasteiger partial charge in [0.1, 0.15) is 25.5 Å². The summed E-state index contributed by atoms with van der Waals surface area (Å²) in [4.78, 5) is 37.0. The number of anilines is 3. The zero-order chi connectivity index (χ0) is 57.2. The van der Waals surface area contributed by atoms with E-state index in [0.717, 1.165) is 11.4 Å². The lowest BCUT2D eigenvalue weighted by Gasteiger charge is -2.29. The topological polar surface area (TPSA) is 205 Å². The fourth-order valence-electron chi connectivity index (χ4n) is 7.93. The Labute approximate surface area is 452 Å². The van der Waals surface area contributed by atoms with E-state index in [1.54, 1.807) is 63.2 Å². The van der Waals surface area contributed by atoms with E-state index in [9.17, 15) is 48.7 Å². The first kappa shape index (κ1) is 60.9. The van der Waals surface area contributed by atoms with E-state index in [4.69, 9.17) is 4.74 Å². The van der Waals surface area contributed by atoms with Crippen molar-refractivity contribution < 1.29 is 53.4 Å². The van der Waals surface area contributed by atoms with Gasteiger partial charge in [0.2, 0.25) is 29.5 Å². The molecule has 0 aliphatic heterocycles. The highest BCUT2D eigenvalue weighted by Crippen LogP contribution is 2.37. The van der Waals surface area contributed by atoms with Crippen LogP contribution in [0, 0.1) is 20.8 Å². The maximum absolute atomic E-state index is 13.2. The van der Waals surface area contributed by atoms with Crippen LogP contribution >= 0.6 is 15.9 Å². The SMILES string of the molecule is COc1ccn(-c2nc(C)cc(NC3CCC(F)(F)CC3)n2)n1.C[Si](C)(C)C(F)(F)Br.Cc1cc(NC2CCC(F)(F)CC2)nc(-n2ccc(=O)[nH]2)n1.Cc1cc(NC2CCC(F)(F)CC2)nc(-n2ccc(OC(F)F)n2)n1. The lowest BCUT2D eigenvalue weighted by atomic mass is 9.92. The van der Waals surface area contributed by atoms with Crippen LogP contribution in [-0.4, -0.2) is 121 Å². The number of aryl methyl sites for hydroxylation is 3. The lowest BCUT2D eigenvalue weighted by molar-refractivity contribution is -0.0531. The van der Waals surface area contributed by atoms with Crippen LogP contribution in [0.15, 0.2) is 59.8 Å². The number of alkyl halides is 11. The second-order valence-electron chi connectivity index (χ2n) is 20.1. The molecule has 0 saturated heterocycles. The molecule has 6 heterocycles. The number of H-pyrrole nitrogens is 1. The van der Waals surface area contributed by atoms with Gasteiger partial charge in [-0.05, 0) is 75.2 Å². The van der Waals surface area contributed by atoms with E-state index in [1.165, 1.54) is 39.5 Å². The Morgan fingerprint density at radius 1 is 0.615 bits per heavy atom. The van der Waals surface area contributed by atoms with E-state index in [0.29, 0.717) is 79.4 Å². The van der Waals surface area contributed by atoms with Crippen molar-refractivity contribution in [1.82, 2.24) is 59.2 Å². The first-order valence-electron chi connectivity index (χ1n) is 24.9. The highest BCUT2D eigenvalue weighted by molar-refractivity contribution is 9.10. The number of aromatic nitrogens is 12. The molecule has 0 amide bonds.